The van der Waals surface area contributed by atoms with Crippen molar-refractivity contribution in [2.24, 2.45) is 0 Å². The number of likely N-dealkylation sites (tertiary alicyclic amines) is 1. The zero-order chi connectivity index (χ0) is 21.8. The summed E-state index contributed by atoms with van der Waals surface area (Å²) in [7, 11) is 0. The average Bonchev–Trinajstić information content (AvgIpc) is 3.25. The minimum Gasteiger partial charge on any atom is -0.339 e. The summed E-state index contributed by atoms with van der Waals surface area (Å²) < 4.78 is 18.8. The zero-order valence-electron chi connectivity index (χ0n) is 17.2. The van der Waals surface area contributed by atoms with Crippen molar-refractivity contribution >= 4 is 17.4 Å². The smallest absolute Gasteiger partial charge is 0.238 e. The van der Waals surface area contributed by atoms with Crippen molar-refractivity contribution in [3.8, 4) is 11.4 Å². The Bertz CT molecular complexity index is 1070. The summed E-state index contributed by atoms with van der Waals surface area (Å²) in [6.45, 7) is 3.27. The Kier molecular flexibility index (Phi) is 6.18. The van der Waals surface area contributed by atoms with Gasteiger partial charge in [-0.25, -0.2) is 4.39 Å². The van der Waals surface area contributed by atoms with Crippen molar-refractivity contribution < 1.29 is 18.5 Å². The second-order valence-corrected chi connectivity index (χ2v) is 7.70. The Labute approximate surface area is 179 Å². The Morgan fingerprint density at radius 1 is 1.16 bits per heavy atom. The van der Waals surface area contributed by atoms with E-state index in [0.29, 0.717) is 35.1 Å². The van der Waals surface area contributed by atoms with E-state index in [9.17, 15) is 14.0 Å². The number of carbonyl (C=O) groups is 2. The lowest BCUT2D eigenvalue weighted by Gasteiger charge is -2.29. The summed E-state index contributed by atoms with van der Waals surface area (Å²) in [5, 5.41) is 6.84. The lowest BCUT2D eigenvalue weighted by atomic mass is 9.97. The molecule has 3 aromatic rings. The number of amides is 1. The van der Waals surface area contributed by atoms with Crippen LogP contribution in [0.25, 0.3) is 11.4 Å². The van der Waals surface area contributed by atoms with Crippen LogP contribution in [-0.4, -0.2) is 46.4 Å². The molecule has 0 bridgehead atoms. The van der Waals surface area contributed by atoms with Gasteiger partial charge in [-0.1, -0.05) is 17.3 Å². The number of piperidine rings is 1. The molecule has 1 N–H and O–H groups in total. The van der Waals surface area contributed by atoms with Crippen molar-refractivity contribution in [1.29, 1.82) is 0 Å². The molecule has 1 fully saturated rings. The van der Waals surface area contributed by atoms with E-state index < -0.39 is 0 Å². The molecule has 31 heavy (non-hydrogen) atoms. The fourth-order valence-corrected chi connectivity index (χ4v) is 3.68. The van der Waals surface area contributed by atoms with Gasteiger partial charge < -0.3 is 9.84 Å². The van der Waals surface area contributed by atoms with Crippen LogP contribution in [0.5, 0.6) is 0 Å². The third kappa shape index (κ3) is 5.21. The van der Waals surface area contributed by atoms with Gasteiger partial charge >= 0.3 is 0 Å². The van der Waals surface area contributed by atoms with Crippen LogP contribution in [0.1, 0.15) is 41.9 Å². The monoisotopic (exact) mass is 422 g/mol. The first kappa shape index (κ1) is 20.9. The van der Waals surface area contributed by atoms with Crippen molar-refractivity contribution in [2.75, 3.05) is 25.0 Å². The molecule has 7 nitrogen and oxygen atoms in total. The van der Waals surface area contributed by atoms with Gasteiger partial charge in [0.2, 0.25) is 17.6 Å². The maximum Gasteiger partial charge on any atom is 0.238 e. The van der Waals surface area contributed by atoms with Crippen molar-refractivity contribution in [2.45, 2.75) is 25.7 Å². The Morgan fingerprint density at radius 2 is 1.90 bits per heavy atom. The summed E-state index contributed by atoms with van der Waals surface area (Å²) in [6.07, 6.45) is 1.59. The topological polar surface area (TPSA) is 88.3 Å². The van der Waals surface area contributed by atoms with Crippen LogP contribution in [0.15, 0.2) is 53.1 Å². The van der Waals surface area contributed by atoms with Gasteiger partial charge in [-0.2, -0.15) is 4.98 Å². The lowest BCUT2D eigenvalue weighted by Crippen LogP contribution is -2.38. The molecule has 1 aliphatic rings. The normalized spacial score (nSPS) is 15.0. The van der Waals surface area contributed by atoms with E-state index >= 15 is 0 Å². The number of hydrogen-bond donors (Lipinski definition) is 1. The fraction of sp³-hybridized carbons (Fsp3) is 0.304. The summed E-state index contributed by atoms with van der Waals surface area (Å²) in [5.74, 6) is 0.602. The Balaban J connectivity index is 1.28. The average molecular weight is 422 g/mol. The number of ketones is 1. The first-order chi connectivity index (χ1) is 15.0. The molecule has 0 unspecified atom stereocenters. The number of nitrogens with one attached hydrogen (secondary N) is 1. The van der Waals surface area contributed by atoms with E-state index in [0.717, 1.165) is 25.9 Å². The number of hydrogen-bond acceptors (Lipinski definition) is 6. The van der Waals surface area contributed by atoms with Crippen LogP contribution in [-0.2, 0) is 4.79 Å². The number of halogens is 1. The minimum absolute atomic E-state index is 0.00922. The lowest BCUT2D eigenvalue weighted by molar-refractivity contribution is -0.117. The number of nitrogens with zero attached hydrogens (tertiary/aromatic N) is 3. The molecule has 4 rings (SSSR count). The molecule has 8 heteroatoms. The van der Waals surface area contributed by atoms with Gasteiger partial charge in [0.25, 0.3) is 0 Å². The van der Waals surface area contributed by atoms with E-state index in [-0.39, 0.29) is 23.4 Å². The van der Waals surface area contributed by atoms with Gasteiger partial charge in [-0.05, 0) is 69.3 Å². The van der Waals surface area contributed by atoms with E-state index in [4.69, 9.17) is 4.52 Å². The van der Waals surface area contributed by atoms with Crippen LogP contribution < -0.4 is 5.32 Å². The third-order valence-corrected chi connectivity index (χ3v) is 5.40. The van der Waals surface area contributed by atoms with Gasteiger partial charge in [0, 0.05) is 22.7 Å². The predicted octanol–water partition coefficient (Wildman–Crippen LogP) is 3.90. The third-order valence-electron chi connectivity index (χ3n) is 5.40. The van der Waals surface area contributed by atoms with Crippen LogP contribution in [0.2, 0.25) is 0 Å². The van der Waals surface area contributed by atoms with Gasteiger partial charge in [0.15, 0.2) is 5.78 Å². The molecule has 1 saturated heterocycles. The molecule has 2 heterocycles. The van der Waals surface area contributed by atoms with Crippen LogP contribution >= 0.6 is 0 Å². The molecule has 1 amide bonds. The maximum absolute atomic E-state index is 13.4. The highest BCUT2D eigenvalue weighted by Gasteiger charge is 2.26. The molecular formula is C23H23FN4O3. The highest BCUT2D eigenvalue weighted by atomic mass is 19.1. The van der Waals surface area contributed by atoms with Crippen molar-refractivity contribution in [3.05, 3.63) is 65.8 Å². The molecule has 0 radical (unpaired) electrons. The minimum atomic E-state index is -0.342. The standard InChI is InChI=1S/C23H23FN4O3/c1-15(29)16-5-7-20(8-6-16)25-21(30)14-28-11-9-17(10-12-28)23-26-22(27-31-23)18-3-2-4-19(24)13-18/h2-8,13,17H,9-12,14H2,1H3,(H,25,30). The highest BCUT2D eigenvalue weighted by Crippen LogP contribution is 2.28. The number of rotatable bonds is 6. The summed E-state index contributed by atoms with van der Waals surface area (Å²) in [6, 6.07) is 13.0. The molecule has 0 atom stereocenters. The van der Waals surface area contributed by atoms with Gasteiger partial charge in [0.05, 0.1) is 6.54 Å². The molecule has 160 valence electrons. The molecule has 0 spiro atoms. The zero-order valence-corrected chi connectivity index (χ0v) is 17.2. The second kappa shape index (κ2) is 9.18. The maximum atomic E-state index is 13.4. The summed E-state index contributed by atoms with van der Waals surface area (Å²) in [4.78, 5) is 30.2. The largest absolute Gasteiger partial charge is 0.339 e. The Morgan fingerprint density at radius 3 is 2.58 bits per heavy atom. The molecule has 0 aliphatic carbocycles. The number of Topliss-reactive ketones (excluding diaryl/α,β-unsaturated/α-hetero) is 1. The van der Waals surface area contributed by atoms with Crippen LogP contribution in [0, 0.1) is 5.82 Å². The predicted molar refractivity (Wildman–Crippen MR) is 113 cm³/mol. The molecule has 0 saturated carbocycles. The SMILES string of the molecule is CC(=O)c1ccc(NC(=O)CN2CCC(c3nc(-c4cccc(F)c4)no3)CC2)cc1. The number of aromatic nitrogens is 2. The summed E-state index contributed by atoms with van der Waals surface area (Å²) in [5.41, 5.74) is 1.86. The van der Waals surface area contributed by atoms with E-state index in [1.165, 1.54) is 19.1 Å². The van der Waals surface area contributed by atoms with Gasteiger partial charge in [-0.3, -0.25) is 14.5 Å². The fourth-order valence-electron chi connectivity index (χ4n) is 3.68. The number of carbonyl (C=O) groups excluding carboxylic acids is 2. The van der Waals surface area contributed by atoms with Crippen molar-refractivity contribution in [3.63, 3.8) is 0 Å². The van der Waals surface area contributed by atoms with Crippen molar-refractivity contribution in [1.82, 2.24) is 15.0 Å². The number of benzene rings is 2. The quantitative estimate of drug-likeness (QED) is 0.606. The van der Waals surface area contributed by atoms with Gasteiger partial charge in [-0.15, -0.1) is 0 Å². The van der Waals surface area contributed by atoms with E-state index in [2.05, 4.69) is 20.4 Å². The first-order valence-corrected chi connectivity index (χ1v) is 10.2. The molecular weight excluding hydrogens is 399 g/mol. The Hall–Kier alpha value is -3.39. The number of anilines is 1. The first-order valence-electron chi connectivity index (χ1n) is 10.2. The second-order valence-electron chi connectivity index (χ2n) is 7.70. The molecule has 1 aromatic heterocycles. The molecule has 2 aromatic carbocycles. The highest BCUT2D eigenvalue weighted by molar-refractivity contribution is 5.96. The van der Waals surface area contributed by atoms with Crippen LogP contribution in [0.4, 0.5) is 10.1 Å². The van der Waals surface area contributed by atoms with Crippen LogP contribution in [0.3, 0.4) is 0 Å². The summed E-state index contributed by atoms with van der Waals surface area (Å²) >= 11 is 0. The van der Waals surface area contributed by atoms with E-state index in [1.54, 1.807) is 36.4 Å². The molecule has 1 aliphatic heterocycles. The van der Waals surface area contributed by atoms with E-state index in [1.807, 2.05) is 0 Å². The van der Waals surface area contributed by atoms with Gasteiger partial charge in [0.1, 0.15) is 5.82 Å².